The van der Waals surface area contributed by atoms with E-state index in [1.165, 1.54) is 24.8 Å². The number of benzene rings is 1. The van der Waals surface area contributed by atoms with Gasteiger partial charge in [-0.2, -0.15) is 0 Å². The van der Waals surface area contributed by atoms with E-state index in [0.717, 1.165) is 18.4 Å². The maximum absolute atomic E-state index is 11.2. The number of rotatable bonds is 2. The van der Waals surface area contributed by atoms with Crippen LogP contribution in [0.15, 0.2) is 27.4 Å². The summed E-state index contributed by atoms with van der Waals surface area (Å²) in [6, 6.07) is 6.02. The summed E-state index contributed by atoms with van der Waals surface area (Å²) in [4.78, 5) is 13.9. The van der Waals surface area contributed by atoms with Gasteiger partial charge in [0.05, 0.1) is 5.52 Å². The van der Waals surface area contributed by atoms with E-state index >= 15 is 0 Å². The number of hydrogen-bond donors (Lipinski definition) is 2. The molecule has 1 aromatic carbocycles. The molecule has 4 nitrogen and oxygen atoms in total. The van der Waals surface area contributed by atoms with Crippen LogP contribution >= 0.6 is 0 Å². The number of aromatic amines is 1. The van der Waals surface area contributed by atoms with Crippen molar-refractivity contribution >= 4 is 11.1 Å². The average Bonchev–Trinajstić information content (AvgIpc) is 2.78. The Morgan fingerprint density at radius 1 is 1.28 bits per heavy atom. The van der Waals surface area contributed by atoms with E-state index in [1.807, 2.05) is 19.2 Å². The fourth-order valence-electron chi connectivity index (χ4n) is 3.08. The van der Waals surface area contributed by atoms with Gasteiger partial charge in [0.2, 0.25) is 0 Å². The molecular formula is C14H18N2O2. The molecule has 0 bridgehead atoms. The molecule has 4 heteroatoms. The first-order valence-electron chi connectivity index (χ1n) is 6.56. The third kappa shape index (κ3) is 1.77. The highest BCUT2D eigenvalue weighted by Crippen LogP contribution is 2.37. The molecule has 18 heavy (non-hydrogen) atoms. The molecule has 2 aromatic rings. The summed E-state index contributed by atoms with van der Waals surface area (Å²) in [6.45, 7) is 0. The fraction of sp³-hybridized carbons (Fsp3) is 0.500. The molecule has 3 rings (SSSR count). The van der Waals surface area contributed by atoms with Crippen LogP contribution in [0.3, 0.4) is 0 Å². The van der Waals surface area contributed by atoms with Gasteiger partial charge in [0.25, 0.3) is 0 Å². The lowest BCUT2D eigenvalue weighted by molar-refractivity contribution is 0.250. The predicted molar refractivity (Wildman–Crippen MR) is 70.7 cm³/mol. The summed E-state index contributed by atoms with van der Waals surface area (Å²) in [5.74, 6) is -0.385. The molecule has 0 unspecified atom stereocenters. The van der Waals surface area contributed by atoms with Gasteiger partial charge in [-0.1, -0.05) is 25.3 Å². The summed E-state index contributed by atoms with van der Waals surface area (Å²) in [7, 11) is 2.02. The zero-order chi connectivity index (χ0) is 12.6. The van der Waals surface area contributed by atoms with Crippen LogP contribution in [0.4, 0.5) is 0 Å². The first kappa shape index (κ1) is 11.5. The van der Waals surface area contributed by atoms with E-state index in [1.54, 1.807) is 0 Å². The van der Waals surface area contributed by atoms with Gasteiger partial charge in [0, 0.05) is 5.54 Å². The molecular weight excluding hydrogens is 228 g/mol. The number of hydrogen-bond acceptors (Lipinski definition) is 3. The standard InChI is InChI=1S/C14H18N2O2/c1-15-14(7-3-2-4-8-14)10-5-6-11-12(9-10)18-13(17)16-11/h5-6,9,15H,2-4,7-8H2,1H3,(H,16,17). The minimum absolute atomic E-state index is 0.0439. The summed E-state index contributed by atoms with van der Waals surface area (Å²) in [5.41, 5.74) is 2.69. The zero-order valence-electron chi connectivity index (χ0n) is 10.6. The lowest BCUT2D eigenvalue weighted by Gasteiger charge is -2.37. The SMILES string of the molecule is CNC1(c2ccc3[nH]c(=O)oc3c2)CCCCC1. The lowest BCUT2D eigenvalue weighted by Crippen LogP contribution is -2.41. The summed E-state index contributed by atoms with van der Waals surface area (Å²) in [5, 5.41) is 3.48. The second kappa shape index (κ2) is 4.28. The number of aromatic nitrogens is 1. The summed E-state index contributed by atoms with van der Waals surface area (Å²) < 4.78 is 5.15. The first-order chi connectivity index (χ1) is 8.73. The lowest BCUT2D eigenvalue weighted by atomic mass is 9.76. The van der Waals surface area contributed by atoms with Gasteiger partial charge >= 0.3 is 5.76 Å². The molecule has 0 aliphatic heterocycles. The van der Waals surface area contributed by atoms with Crippen molar-refractivity contribution < 1.29 is 4.42 Å². The van der Waals surface area contributed by atoms with Crippen molar-refractivity contribution in [3.05, 3.63) is 34.3 Å². The molecule has 0 amide bonds. The van der Waals surface area contributed by atoms with Crippen LogP contribution in [0.1, 0.15) is 37.7 Å². The van der Waals surface area contributed by atoms with Crippen LogP contribution in [0.5, 0.6) is 0 Å². The van der Waals surface area contributed by atoms with Crippen LogP contribution < -0.4 is 11.1 Å². The largest absolute Gasteiger partial charge is 0.417 e. The summed E-state index contributed by atoms with van der Waals surface area (Å²) in [6.07, 6.45) is 6.09. The first-order valence-corrected chi connectivity index (χ1v) is 6.56. The Hall–Kier alpha value is -1.55. The highest BCUT2D eigenvalue weighted by molar-refractivity contribution is 5.73. The van der Waals surface area contributed by atoms with E-state index in [2.05, 4.69) is 16.4 Å². The van der Waals surface area contributed by atoms with Crippen molar-refractivity contribution in [2.24, 2.45) is 0 Å². The van der Waals surface area contributed by atoms with E-state index in [9.17, 15) is 4.79 Å². The van der Waals surface area contributed by atoms with Crippen molar-refractivity contribution in [3.63, 3.8) is 0 Å². The Balaban J connectivity index is 2.08. The third-order valence-corrected chi connectivity index (χ3v) is 4.16. The van der Waals surface area contributed by atoms with Crippen molar-refractivity contribution in [2.75, 3.05) is 7.05 Å². The number of H-pyrrole nitrogens is 1. The van der Waals surface area contributed by atoms with Crippen LogP contribution in [-0.2, 0) is 5.54 Å². The molecule has 96 valence electrons. The van der Waals surface area contributed by atoms with Gasteiger partial charge in [-0.3, -0.25) is 4.98 Å². The average molecular weight is 246 g/mol. The van der Waals surface area contributed by atoms with Gasteiger partial charge in [-0.25, -0.2) is 4.79 Å². The van der Waals surface area contributed by atoms with Crippen LogP contribution in [0.25, 0.3) is 11.1 Å². The number of fused-ring (bicyclic) bond motifs is 1. The highest BCUT2D eigenvalue weighted by Gasteiger charge is 2.32. The molecule has 1 heterocycles. The molecule has 1 aliphatic carbocycles. The van der Waals surface area contributed by atoms with Crippen molar-refractivity contribution in [3.8, 4) is 0 Å². The van der Waals surface area contributed by atoms with Crippen molar-refractivity contribution in [1.82, 2.24) is 10.3 Å². The summed E-state index contributed by atoms with van der Waals surface area (Å²) >= 11 is 0. The fourth-order valence-corrected chi connectivity index (χ4v) is 3.08. The Bertz CT molecular complexity index is 606. The van der Waals surface area contributed by atoms with Gasteiger partial charge in [0.1, 0.15) is 0 Å². The molecule has 1 aromatic heterocycles. The molecule has 1 saturated carbocycles. The van der Waals surface area contributed by atoms with Crippen LogP contribution in [-0.4, -0.2) is 12.0 Å². The quantitative estimate of drug-likeness (QED) is 0.856. The Kier molecular flexibility index (Phi) is 2.74. The minimum atomic E-state index is -0.385. The second-order valence-corrected chi connectivity index (χ2v) is 5.12. The van der Waals surface area contributed by atoms with E-state index in [4.69, 9.17) is 4.42 Å². The molecule has 0 saturated heterocycles. The van der Waals surface area contributed by atoms with Crippen LogP contribution in [0, 0.1) is 0 Å². The monoisotopic (exact) mass is 246 g/mol. The van der Waals surface area contributed by atoms with Gasteiger partial charge < -0.3 is 9.73 Å². The van der Waals surface area contributed by atoms with Gasteiger partial charge in [-0.15, -0.1) is 0 Å². The molecule has 1 fully saturated rings. The maximum atomic E-state index is 11.2. The number of oxazole rings is 1. The van der Waals surface area contributed by atoms with E-state index < -0.39 is 0 Å². The topological polar surface area (TPSA) is 58.0 Å². The Morgan fingerprint density at radius 3 is 2.78 bits per heavy atom. The van der Waals surface area contributed by atoms with Gasteiger partial charge in [0.15, 0.2) is 5.58 Å². The third-order valence-electron chi connectivity index (χ3n) is 4.16. The Labute approximate surface area is 105 Å². The molecule has 2 N–H and O–H groups in total. The van der Waals surface area contributed by atoms with Crippen molar-refractivity contribution in [1.29, 1.82) is 0 Å². The number of nitrogens with one attached hydrogen (secondary N) is 2. The zero-order valence-corrected chi connectivity index (χ0v) is 10.6. The molecule has 0 radical (unpaired) electrons. The highest BCUT2D eigenvalue weighted by atomic mass is 16.4. The molecule has 1 aliphatic rings. The van der Waals surface area contributed by atoms with E-state index in [0.29, 0.717) is 5.58 Å². The Morgan fingerprint density at radius 2 is 2.06 bits per heavy atom. The van der Waals surface area contributed by atoms with Gasteiger partial charge in [-0.05, 0) is 37.6 Å². The predicted octanol–water partition coefficient (Wildman–Crippen LogP) is 2.50. The second-order valence-electron chi connectivity index (χ2n) is 5.12. The minimum Gasteiger partial charge on any atom is -0.408 e. The molecule has 0 atom stereocenters. The normalized spacial score (nSPS) is 19.2. The van der Waals surface area contributed by atoms with Crippen molar-refractivity contribution in [2.45, 2.75) is 37.6 Å². The smallest absolute Gasteiger partial charge is 0.408 e. The van der Waals surface area contributed by atoms with E-state index in [-0.39, 0.29) is 11.3 Å². The maximum Gasteiger partial charge on any atom is 0.417 e. The molecule has 0 spiro atoms. The van der Waals surface area contributed by atoms with Crippen LogP contribution in [0.2, 0.25) is 0 Å².